The summed E-state index contributed by atoms with van der Waals surface area (Å²) in [5.41, 5.74) is 2.60. The first-order chi connectivity index (χ1) is 15.7. The molecule has 1 unspecified atom stereocenters. The van der Waals surface area contributed by atoms with E-state index in [0.717, 1.165) is 11.1 Å². The van der Waals surface area contributed by atoms with Crippen LogP contribution in [0.3, 0.4) is 0 Å². The van der Waals surface area contributed by atoms with Crippen LogP contribution in [0.1, 0.15) is 41.2 Å². The number of aryl methyl sites for hydroxylation is 3. The molecule has 1 aliphatic heterocycles. The Morgan fingerprint density at radius 2 is 1.85 bits per heavy atom. The molecule has 33 heavy (non-hydrogen) atoms. The molecule has 1 amide bonds. The Labute approximate surface area is 197 Å². The minimum absolute atomic E-state index is 0.0555. The maximum absolute atomic E-state index is 13.3. The van der Waals surface area contributed by atoms with Crippen LogP contribution in [0, 0.1) is 20.8 Å². The minimum atomic E-state index is -0.926. The van der Waals surface area contributed by atoms with E-state index in [1.807, 2.05) is 39.0 Å². The predicted octanol–water partition coefficient (Wildman–Crippen LogP) is 5.88. The van der Waals surface area contributed by atoms with E-state index in [1.54, 1.807) is 37.3 Å². The van der Waals surface area contributed by atoms with Crippen LogP contribution in [0.2, 0.25) is 5.02 Å². The van der Waals surface area contributed by atoms with Crippen molar-refractivity contribution in [1.29, 1.82) is 0 Å². The highest BCUT2D eigenvalue weighted by Gasteiger charge is 2.48. The lowest BCUT2D eigenvalue weighted by Crippen LogP contribution is -2.30. The fourth-order valence-corrected chi connectivity index (χ4v) is 4.17. The van der Waals surface area contributed by atoms with Gasteiger partial charge in [-0.2, -0.15) is 0 Å². The Bertz CT molecular complexity index is 1290. The molecule has 0 spiro atoms. The maximum atomic E-state index is 13.3. The van der Waals surface area contributed by atoms with E-state index in [-0.39, 0.29) is 11.3 Å². The van der Waals surface area contributed by atoms with Crippen LogP contribution in [0.25, 0.3) is 5.76 Å². The number of aliphatic hydroxyl groups excluding tert-OH is 1. The number of benzene rings is 2. The van der Waals surface area contributed by atoms with Crippen molar-refractivity contribution >= 4 is 34.7 Å². The first-order valence-corrected chi connectivity index (χ1v) is 11.0. The van der Waals surface area contributed by atoms with Crippen molar-refractivity contribution in [1.82, 2.24) is 0 Å². The third-order valence-electron chi connectivity index (χ3n) is 5.60. The van der Waals surface area contributed by atoms with Crippen LogP contribution in [-0.4, -0.2) is 23.4 Å². The molecular formula is C26H24ClNO5. The number of aliphatic hydroxyl groups is 1. The van der Waals surface area contributed by atoms with Crippen molar-refractivity contribution in [3.8, 4) is 5.75 Å². The molecule has 6 nitrogen and oxygen atoms in total. The van der Waals surface area contributed by atoms with Crippen molar-refractivity contribution < 1.29 is 23.8 Å². The van der Waals surface area contributed by atoms with E-state index in [0.29, 0.717) is 40.2 Å². The highest BCUT2D eigenvalue weighted by Crippen LogP contribution is 2.44. The molecule has 0 bridgehead atoms. The van der Waals surface area contributed by atoms with Gasteiger partial charge in [-0.05, 0) is 75.2 Å². The number of Topliss-reactive ketones (excluding diaryl/α,β-unsaturated/α-hetero) is 1. The summed E-state index contributed by atoms with van der Waals surface area (Å²) in [4.78, 5) is 27.9. The molecule has 4 rings (SSSR count). The second-order valence-electron chi connectivity index (χ2n) is 7.99. The highest BCUT2D eigenvalue weighted by atomic mass is 35.5. The van der Waals surface area contributed by atoms with Crippen molar-refractivity contribution in [3.05, 3.63) is 87.3 Å². The number of hydrogen-bond donors (Lipinski definition) is 1. The monoisotopic (exact) mass is 465 g/mol. The lowest BCUT2D eigenvalue weighted by Gasteiger charge is -2.25. The number of rotatable bonds is 5. The number of halogens is 1. The van der Waals surface area contributed by atoms with Gasteiger partial charge < -0.3 is 14.3 Å². The third-order valence-corrected chi connectivity index (χ3v) is 5.92. The molecular weight excluding hydrogens is 442 g/mol. The van der Waals surface area contributed by atoms with Crippen molar-refractivity contribution in [2.75, 3.05) is 11.5 Å². The fraction of sp³-hybridized carbons (Fsp3) is 0.231. The van der Waals surface area contributed by atoms with Gasteiger partial charge in [-0.15, -0.1) is 0 Å². The summed E-state index contributed by atoms with van der Waals surface area (Å²) in [6.45, 7) is 7.76. The van der Waals surface area contributed by atoms with Crippen LogP contribution in [0.4, 0.5) is 5.69 Å². The summed E-state index contributed by atoms with van der Waals surface area (Å²) in [6.07, 6.45) is 0. The van der Waals surface area contributed by atoms with E-state index in [9.17, 15) is 14.7 Å². The van der Waals surface area contributed by atoms with Gasteiger partial charge in [0.25, 0.3) is 11.7 Å². The number of nitrogens with zero attached hydrogens (tertiary/aromatic N) is 1. The summed E-state index contributed by atoms with van der Waals surface area (Å²) < 4.78 is 11.4. The molecule has 2 heterocycles. The molecule has 0 saturated carbocycles. The molecule has 1 saturated heterocycles. The number of anilines is 1. The average Bonchev–Trinajstić information content (AvgIpc) is 3.32. The quantitative estimate of drug-likeness (QED) is 0.289. The molecule has 7 heteroatoms. The first kappa shape index (κ1) is 22.7. The number of ketones is 1. The van der Waals surface area contributed by atoms with Gasteiger partial charge >= 0.3 is 0 Å². The summed E-state index contributed by atoms with van der Waals surface area (Å²) in [5.74, 6) is -0.464. The number of carbonyl (C=O) groups excluding carboxylic acids is 2. The Morgan fingerprint density at radius 3 is 2.52 bits per heavy atom. The Morgan fingerprint density at radius 1 is 1.09 bits per heavy atom. The molecule has 1 fully saturated rings. The molecule has 0 aliphatic carbocycles. The summed E-state index contributed by atoms with van der Waals surface area (Å²) >= 11 is 6.19. The van der Waals surface area contributed by atoms with Gasteiger partial charge in [0, 0.05) is 11.3 Å². The second-order valence-corrected chi connectivity index (χ2v) is 8.39. The first-order valence-electron chi connectivity index (χ1n) is 10.6. The maximum Gasteiger partial charge on any atom is 0.300 e. The normalized spacial score (nSPS) is 17.6. The standard InChI is InChI=1S/C26H24ClNO5/c1-5-32-21-13-17(9-10-18(21)27)24(29)22-23(20-11-8-16(4)33-20)28(26(31)25(22)30)19-12-14(2)6-7-15(19)3/h6-13,23,29H,5H2,1-4H3/b24-22-. The SMILES string of the molecule is CCOc1cc(/C(O)=C2/C(=O)C(=O)N(c3cc(C)ccc3C)C2c2ccc(C)o2)ccc1Cl. The summed E-state index contributed by atoms with van der Waals surface area (Å²) in [6, 6.07) is 12.9. The number of carbonyl (C=O) groups is 2. The van der Waals surface area contributed by atoms with E-state index in [4.69, 9.17) is 20.8 Å². The average molecular weight is 466 g/mol. The van der Waals surface area contributed by atoms with Gasteiger partial charge in [-0.25, -0.2) is 0 Å². The molecule has 170 valence electrons. The smallest absolute Gasteiger partial charge is 0.300 e. The number of ether oxygens (including phenoxy) is 1. The van der Waals surface area contributed by atoms with Crippen LogP contribution >= 0.6 is 11.6 Å². The van der Waals surface area contributed by atoms with Gasteiger partial charge in [0.1, 0.15) is 29.1 Å². The zero-order valence-corrected chi connectivity index (χ0v) is 19.6. The summed E-state index contributed by atoms with van der Waals surface area (Å²) in [7, 11) is 0. The van der Waals surface area contributed by atoms with Crippen LogP contribution < -0.4 is 9.64 Å². The molecule has 0 radical (unpaired) electrons. The van der Waals surface area contributed by atoms with E-state index in [1.165, 1.54) is 4.90 Å². The molecule has 1 aromatic heterocycles. The number of furan rings is 1. The Kier molecular flexibility index (Phi) is 6.04. The molecule has 3 aromatic rings. The number of hydrogen-bond acceptors (Lipinski definition) is 5. The van der Waals surface area contributed by atoms with Crippen LogP contribution in [0.15, 0.2) is 58.5 Å². The zero-order valence-electron chi connectivity index (χ0n) is 18.8. The lowest BCUT2D eigenvalue weighted by molar-refractivity contribution is -0.132. The van der Waals surface area contributed by atoms with Gasteiger partial charge in [0.2, 0.25) is 0 Å². The second kappa shape index (κ2) is 8.79. The highest BCUT2D eigenvalue weighted by molar-refractivity contribution is 6.51. The number of amides is 1. The van der Waals surface area contributed by atoms with E-state index < -0.39 is 17.7 Å². The van der Waals surface area contributed by atoms with Crippen molar-refractivity contribution in [3.63, 3.8) is 0 Å². The Hall–Kier alpha value is -3.51. The van der Waals surface area contributed by atoms with Gasteiger partial charge in [0.05, 0.1) is 17.2 Å². The van der Waals surface area contributed by atoms with Crippen molar-refractivity contribution in [2.45, 2.75) is 33.7 Å². The molecule has 1 aliphatic rings. The van der Waals surface area contributed by atoms with Crippen LogP contribution in [-0.2, 0) is 9.59 Å². The van der Waals surface area contributed by atoms with Gasteiger partial charge in [0.15, 0.2) is 0 Å². The van der Waals surface area contributed by atoms with Crippen molar-refractivity contribution in [2.24, 2.45) is 0 Å². The third kappa shape index (κ3) is 4.02. The molecule has 1 N–H and O–H groups in total. The van der Waals surface area contributed by atoms with Gasteiger partial charge in [-0.3, -0.25) is 14.5 Å². The Balaban J connectivity index is 1.95. The molecule has 1 atom stereocenters. The largest absolute Gasteiger partial charge is 0.507 e. The van der Waals surface area contributed by atoms with E-state index >= 15 is 0 Å². The van der Waals surface area contributed by atoms with E-state index in [2.05, 4.69) is 0 Å². The predicted molar refractivity (Wildman–Crippen MR) is 127 cm³/mol. The zero-order chi connectivity index (χ0) is 23.9. The van der Waals surface area contributed by atoms with Crippen LogP contribution in [0.5, 0.6) is 5.75 Å². The summed E-state index contributed by atoms with van der Waals surface area (Å²) in [5, 5.41) is 11.6. The van der Waals surface area contributed by atoms with Gasteiger partial charge in [-0.1, -0.05) is 23.7 Å². The molecule has 2 aromatic carbocycles. The minimum Gasteiger partial charge on any atom is -0.507 e. The lowest BCUT2D eigenvalue weighted by atomic mass is 9.98. The fourth-order valence-electron chi connectivity index (χ4n) is 4.00. The topological polar surface area (TPSA) is 80.0 Å².